The maximum Gasteiger partial charge on any atom is 0.0633 e. The monoisotopic (exact) mass is 245 g/mol. The van der Waals surface area contributed by atoms with E-state index in [-0.39, 0.29) is 0 Å². The van der Waals surface area contributed by atoms with E-state index in [1.165, 1.54) is 11.1 Å². The number of benzene rings is 2. The molecular weight excluding hydrogens is 230 g/mol. The Morgan fingerprint density at radius 1 is 0.737 bits per heavy atom. The maximum atomic E-state index is 4.63. The molecule has 1 aliphatic carbocycles. The molecule has 1 aliphatic rings. The van der Waals surface area contributed by atoms with Gasteiger partial charge < -0.3 is 0 Å². The Hall–Kier alpha value is -2.41. The second-order valence-corrected chi connectivity index (χ2v) is 4.50. The average molecular weight is 245 g/mol. The third kappa shape index (κ3) is 2.89. The molecule has 0 aromatic heterocycles. The zero-order valence-electron chi connectivity index (χ0n) is 10.7. The summed E-state index contributed by atoms with van der Waals surface area (Å²) in [5.41, 5.74) is 4.65. The first kappa shape index (κ1) is 11.7. The number of nitrogens with zero attached hydrogens (tertiary/aromatic N) is 1. The van der Waals surface area contributed by atoms with E-state index in [4.69, 9.17) is 0 Å². The number of aliphatic imine (C=N–C) groups is 1. The Bertz CT molecular complexity index is 634. The molecule has 0 N–H and O–H groups in total. The van der Waals surface area contributed by atoms with Gasteiger partial charge in [0, 0.05) is 12.1 Å². The molecule has 0 atom stereocenters. The molecule has 0 unspecified atom stereocenters. The molecular formula is C18H15N. The van der Waals surface area contributed by atoms with Gasteiger partial charge in [0.1, 0.15) is 0 Å². The SMILES string of the molecule is C1=CC(=Nc2ccccc2)CC=C1c1ccccc1. The number of hydrogen-bond donors (Lipinski definition) is 0. The van der Waals surface area contributed by atoms with Crippen LogP contribution >= 0.6 is 0 Å². The molecule has 0 amide bonds. The number of rotatable bonds is 2. The minimum absolute atomic E-state index is 0.885. The third-order valence-electron chi connectivity index (χ3n) is 3.12. The predicted molar refractivity (Wildman–Crippen MR) is 81.7 cm³/mol. The largest absolute Gasteiger partial charge is 0.253 e. The summed E-state index contributed by atoms with van der Waals surface area (Å²) in [6, 6.07) is 20.5. The molecule has 2 aromatic rings. The van der Waals surface area contributed by atoms with Crippen molar-refractivity contribution in [3.63, 3.8) is 0 Å². The van der Waals surface area contributed by atoms with Crippen LogP contribution in [0.25, 0.3) is 5.57 Å². The third-order valence-corrected chi connectivity index (χ3v) is 3.12. The van der Waals surface area contributed by atoms with Crippen LogP contribution in [-0.4, -0.2) is 5.71 Å². The molecule has 2 aromatic carbocycles. The minimum Gasteiger partial charge on any atom is -0.253 e. The predicted octanol–water partition coefficient (Wildman–Crippen LogP) is 4.80. The lowest BCUT2D eigenvalue weighted by atomic mass is 9.99. The van der Waals surface area contributed by atoms with E-state index in [1.54, 1.807) is 0 Å². The first-order valence-electron chi connectivity index (χ1n) is 6.48. The maximum absolute atomic E-state index is 4.63. The average Bonchev–Trinajstić information content (AvgIpc) is 2.50. The van der Waals surface area contributed by atoms with E-state index in [0.29, 0.717) is 0 Å². The normalized spacial score (nSPS) is 16.4. The molecule has 0 aliphatic heterocycles. The zero-order chi connectivity index (χ0) is 12.9. The van der Waals surface area contributed by atoms with Crippen molar-refractivity contribution in [3.05, 3.63) is 84.5 Å². The quantitative estimate of drug-likeness (QED) is 0.720. The Morgan fingerprint density at radius 3 is 2.05 bits per heavy atom. The smallest absolute Gasteiger partial charge is 0.0633 e. The highest BCUT2D eigenvalue weighted by Gasteiger charge is 2.04. The standard InChI is InChI=1S/C18H15N/c1-3-7-15(8-4-1)16-11-13-18(14-12-16)19-17-9-5-2-6-10-17/h1-13H,14H2. The van der Waals surface area contributed by atoms with E-state index in [1.807, 2.05) is 36.4 Å². The van der Waals surface area contributed by atoms with Gasteiger partial charge in [-0.2, -0.15) is 0 Å². The molecule has 0 radical (unpaired) electrons. The van der Waals surface area contributed by atoms with Gasteiger partial charge in [0.15, 0.2) is 0 Å². The topological polar surface area (TPSA) is 12.4 Å². The zero-order valence-corrected chi connectivity index (χ0v) is 10.7. The minimum atomic E-state index is 0.885. The van der Waals surface area contributed by atoms with Crippen molar-refractivity contribution < 1.29 is 0 Å². The van der Waals surface area contributed by atoms with Crippen molar-refractivity contribution in [2.45, 2.75) is 6.42 Å². The van der Waals surface area contributed by atoms with Gasteiger partial charge in [-0.1, -0.05) is 60.7 Å². The first-order valence-corrected chi connectivity index (χ1v) is 6.48. The highest BCUT2D eigenvalue weighted by molar-refractivity contribution is 6.02. The molecule has 0 saturated heterocycles. The van der Waals surface area contributed by atoms with Crippen LogP contribution in [0.5, 0.6) is 0 Å². The molecule has 0 saturated carbocycles. The second-order valence-electron chi connectivity index (χ2n) is 4.50. The van der Waals surface area contributed by atoms with Crippen LogP contribution < -0.4 is 0 Å². The summed E-state index contributed by atoms with van der Waals surface area (Å²) in [7, 11) is 0. The lowest BCUT2D eigenvalue weighted by Gasteiger charge is -2.09. The van der Waals surface area contributed by atoms with Gasteiger partial charge in [-0.15, -0.1) is 0 Å². The molecule has 1 nitrogen and oxygen atoms in total. The van der Waals surface area contributed by atoms with Gasteiger partial charge >= 0.3 is 0 Å². The molecule has 0 bridgehead atoms. The highest BCUT2D eigenvalue weighted by Crippen LogP contribution is 2.21. The molecule has 92 valence electrons. The van der Waals surface area contributed by atoms with Crippen molar-refractivity contribution in [2.24, 2.45) is 4.99 Å². The fraction of sp³-hybridized carbons (Fsp3) is 0.0556. The van der Waals surface area contributed by atoms with Crippen LogP contribution in [0.1, 0.15) is 12.0 Å². The summed E-state index contributed by atoms with van der Waals surface area (Å²) in [6.07, 6.45) is 7.36. The van der Waals surface area contributed by atoms with Crippen LogP contribution in [0.3, 0.4) is 0 Å². The van der Waals surface area contributed by atoms with E-state index >= 15 is 0 Å². The van der Waals surface area contributed by atoms with E-state index < -0.39 is 0 Å². The Balaban J connectivity index is 1.78. The summed E-state index contributed by atoms with van der Waals surface area (Å²) in [5, 5.41) is 0. The Morgan fingerprint density at radius 2 is 1.42 bits per heavy atom. The fourth-order valence-corrected chi connectivity index (χ4v) is 2.13. The Kier molecular flexibility index (Phi) is 3.37. The van der Waals surface area contributed by atoms with Crippen LogP contribution in [0, 0.1) is 0 Å². The van der Waals surface area contributed by atoms with Gasteiger partial charge in [-0.3, -0.25) is 4.99 Å². The first-order chi connectivity index (χ1) is 9.42. The van der Waals surface area contributed by atoms with Crippen molar-refractivity contribution in [1.29, 1.82) is 0 Å². The summed E-state index contributed by atoms with van der Waals surface area (Å²) in [6.45, 7) is 0. The van der Waals surface area contributed by atoms with Gasteiger partial charge in [0.25, 0.3) is 0 Å². The van der Waals surface area contributed by atoms with Crippen LogP contribution in [0.2, 0.25) is 0 Å². The summed E-state index contributed by atoms with van der Waals surface area (Å²) < 4.78 is 0. The van der Waals surface area contributed by atoms with Crippen molar-refractivity contribution >= 4 is 17.0 Å². The molecule has 19 heavy (non-hydrogen) atoms. The van der Waals surface area contributed by atoms with Gasteiger partial charge in [-0.05, 0) is 29.3 Å². The Labute approximate surface area is 113 Å². The molecule has 0 fully saturated rings. The number of hydrogen-bond acceptors (Lipinski definition) is 1. The molecule has 0 spiro atoms. The van der Waals surface area contributed by atoms with Crippen LogP contribution in [0.4, 0.5) is 5.69 Å². The second kappa shape index (κ2) is 5.49. The summed E-state index contributed by atoms with van der Waals surface area (Å²) >= 11 is 0. The van der Waals surface area contributed by atoms with Crippen molar-refractivity contribution in [1.82, 2.24) is 0 Å². The van der Waals surface area contributed by atoms with Crippen LogP contribution in [-0.2, 0) is 0 Å². The van der Waals surface area contributed by atoms with Gasteiger partial charge in [-0.25, -0.2) is 0 Å². The fourth-order valence-electron chi connectivity index (χ4n) is 2.13. The van der Waals surface area contributed by atoms with Crippen molar-refractivity contribution in [3.8, 4) is 0 Å². The summed E-state index contributed by atoms with van der Waals surface area (Å²) in [5.74, 6) is 0. The number of para-hydroxylation sites is 1. The van der Waals surface area contributed by atoms with E-state index in [0.717, 1.165) is 17.8 Å². The number of allylic oxidation sites excluding steroid dienone is 4. The lowest BCUT2D eigenvalue weighted by molar-refractivity contribution is 1.39. The molecule has 3 rings (SSSR count). The summed E-state index contributed by atoms with van der Waals surface area (Å²) in [4.78, 5) is 4.63. The lowest BCUT2D eigenvalue weighted by Crippen LogP contribution is -1.97. The van der Waals surface area contributed by atoms with Gasteiger partial charge in [0.05, 0.1) is 5.69 Å². The molecule has 0 heterocycles. The van der Waals surface area contributed by atoms with Crippen LogP contribution in [0.15, 0.2) is 83.9 Å². The highest BCUT2D eigenvalue weighted by atomic mass is 14.7. The van der Waals surface area contributed by atoms with Gasteiger partial charge in [0.2, 0.25) is 0 Å². The van der Waals surface area contributed by atoms with E-state index in [2.05, 4.69) is 47.5 Å². The molecule has 1 heteroatoms. The van der Waals surface area contributed by atoms with E-state index in [9.17, 15) is 0 Å². The van der Waals surface area contributed by atoms with Crippen molar-refractivity contribution in [2.75, 3.05) is 0 Å².